The third-order valence-electron chi connectivity index (χ3n) is 4.84. The first kappa shape index (κ1) is 21.9. The molecule has 1 fully saturated rings. The van der Waals surface area contributed by atoms with E-state index in [1.165, 1.54) is 4.31 Å². The van der Waals surface area contributed by atoms with Gasteiger partial charge in [0.15, 0.2) is 0 Å². The van der Waals surface area contributed by atoms with E-state index in [4.69, 9.17) is 0 Å². The molecule has 0 saturated carbocycles. The molecule has 0 atom stereocenters. The van der Waals surface area contributed by atoms with E-state index in [0.717, 1.165) is 12.0 Å². The molecule has 0 bridgehead atoms. The van der Waals surface area contributed by atoms with Crippen LogP contribution in [0.1, 0.15) is 59.4 Å². The largest absolute Gasteiger partial charge is 0.351 e. The van der Waals surface area contributed by atoms with Crippen molar-refractivity contribution in [3.05, 3.63) is 35.9 Å². The summed E-state index contributed by atoms with van der Waals surface area (Å²) >= 11 is 0. The molecule has 27 heavy (non-hydrogen) atoms. The minimum Gasteiger partial charge on any atom is -0.351 e. The lowest BCUT2D eigenvalue weighted by molar-refractivity contribution is -0.128. The molecule has 1 aliphatic rings. The quantitative estimate of drug-likeness (QED) is 0.802. The van der Waals surface area contributed by atoms with Gasteiger partial charge in [-0.2, -0.15) is 0 Å². The van der Waals surface area contributed by atoms with Gasteiger partial charge < -0.3 is 5.32 Å². The Morgan fingerprint density at radius 1 is 1.07 bits per heavy atom. The molecule has 0 unspecified atom stereocenters. The number of hydrogen-bond acceptors (Lipinski definition) is 3. The average molecular weight is 395 g/mol. The maximum Gasteiger partial charge on any atom is 0.223 e. The first-order chi connectivity index (χ1) is 12.4. The number of amides is 1. The van der Waals surface area contributed by atoms with Gasteiger partial charge in [-0.1, -0.05) is 51.1 Å². The van der Waals surface area contributed by atoms with Crippen LogP contribution in [0.15, 0.2) is 30.3 Å². The van der Waals surface area contributed by atoms with E-state index in [0.29, 0.717) is 25.9 Å². The molecule has 0 aromatic heterocycles. The SMILES string of the molecule is CC(C)(C)CC(C)(C)NC(=O)C1CCN(S(=O)(=O)Cc2ccccc2)CC1. The summed E-state index contributed by atoms with van der Waals surface area (Å²) in [4.78, 5) is 12.7. The number of benzene rings is 1. The molecule has 0 spiro atoms. The Kier molecular flexibility index (Phi) is 6.74. The zero-order valence-electron chi connectivity index (χ0n) is 17.3. The second kappa shape index (κ2) is 8.31. The average Bonchev–Trinajstić information content (AvgIpc) is 2.52. The van der Waals surface area contributed by atoms with Crippen molar-refractivity contribution < 1.29 is 13.2 Å². The molecule has 1 amide bonds. The Hall–Kier alpha value is -1.40. The normalized spacial score (nSPS) is 17.7. The fourth-order valence-corrected chi connectivity index (χ4v) is 5.64. The summed E-state index contributed by atoms with van der Waals surface area (Å²) < 4.78 is 26.8. The number of hydrogen-bond donors (Lipinski definition) is 1. The molecule has 1 N–H and O–H groups in total. The molecule has 152 valence electrons. The number of carbonyl (C=O) groups is 1. The predicted molar refractivity (Wildman–Crippen MR) is 110 cm³/mol. The summed E-state index contributed by atoms with van der Waals surface area (Å²) in [6, 6.07) is 9.23. The lowest BCUT2D eigenvalue weighted by Gasteiger charge is -2.36. The highest BCUT2D eigenvalue weighted by Gasteiger charge is 2.34. The van der Waals surface area contributed by atoms with Crippen molar-refractivity contribution in [1.29, 1.82) is 0 Å². The predicted octanol–water partition coefficient (Wildman–Crippen LogP) is 3.56. The van der Waals surface area contributed by atoms with Crippen LogP contribution in [0.3, 0.4) is 0 Å². The Labute approximate surface area is 164 Å². The maximum atomic E-state index is 12.7. The molecule has 2 rings (SSSR count). The van der Waals surface area contributed by atoms with E-state index in [-0.39, 0.29) is 28.5 Å². The van der Waals surface area contributed by atoms with Crippen LogP contribution in [0.25, 0.3) is 0 Å². The van der Waals surface area contributed by atoms with Gasteiger partial charge in [-0.15, -0.1) is 0 Å². The Morgan fingerprint density at radius 2 is 1.63 bits per heavy atom. The first-order valence-corrected chi connectivity index (χ1v) is 11.3. The smallest absolute Gasteiger partial charge is 0.223 e. The summed E-state index contributed by atoms with van der Waals surface area (Å²) in [6.45, 7) is 11.4. The lowest BCUT2D eigenvalue weighted by atomic mass is 9.81. The van der Waals surface area contributed by atoms with Crippen LogP contribution < -0.4 is 5.32 Å². The zero-order valence-corrected chi connectivity index (χ0v) is 18.1. The van der Waals surface area contributed by atoms with Crippen LogP contribution in [0.4, 0.5) is 0 Å². The fraction of sp³-hybridized carbons (Fsp3) is 0.667. The summed E-state index contributed by atoms with van der Waals surface area (Å²) in [5.74, 6) is -0.0553. The zero-order chi connectivity index (χ0) is 20.3. The molecule has 1 aliphatic heterocycles. The van der Waals surface area contributed by atoms with Crippen molar-refractivity contribution in [2.75, 3.05) is 13.1 Å². The monoisotopic (exact) mass is 394 g/mol. The van der Waals surface area contributed by atoms with Gasteiger partial charge in [0, 0.05) is 24.5 Å². The van der Waals surface area contributed by atoms with Gasteiger partial charge in [0.2, 0.25) is 15.9 Å². The molecule has 1 saturated heterocycles. The van der Waals surface area contributed by atoms with E-state index in [2.05, 4.69) is 39.9 Å². The Morgan fingerprint density at radius 3 is 2.15 bits per heavy atom. The second-order valence-corrected chi connectivity index (χ2v) is 11.5. The van der Waals surface area contributed by atoms with E-state index >= 15 is 0 Å². The van der Waals surface area contributed by atoms with Crippen molar-refractivity contribution in [3.8, 4) is 0 Å². The van der Waals surface area contributed by atoms with Crippen molar-refractivity contribution in [2.24, 2.45) is 11.3 Å². The molecule has 0 radical (unpaired) electrons. The van der Waals surface area contributed by atoms with Crippen molar-refractivity contribution >= 4 is 15.9 Å². The number of rotatable bonds is 6. The number of nitrogens with zero attached hydrogens (tertiary/aromatic N) is 1. The van der Waals surface area contributed by atoms with Crippen LogP contribution in [-0.4, -0.2) is 37.3 Å². The topological polar surface area (TPSA) is 66.5 Å². The number of sulfonamides is 1. The Balaban J connectivity index is 1.90. The van der Waals surface area contributed by atoms with Gasteiger partial charge in [0.1, 0.15) is 0 Å². The molecular formula is C21H34N2O3S. The van der Waals surface area contributed by atoms with Gasteiger partial charge in [0.05, 0.1) is 5.75 Å². The van der Waals surface area contributed by atoms with Crippen LogP contribution in [-0.2, 0) is 20.6 Å². The number of piperidine rings is 1. The van der Waals surface area contributed by atoms with Gasteiger partial charge in [-0.05, 0) is 44.1 Å². The minimum absolute atomic E-state index is 0.0172. The van der Waals surface area contributed by atoms with E-state index < -0.39 is 10.0 Å². The van der Waals surface area contributed by atoms with Crippen LogP contribution in [0, 0.1) is 11.3 Å². The summed E-state index contributed by atoms with van der Waals surface area (Å²) in [5.41, 5.74) is 0.652. The molecule has 1 aromatic carbocycles. The third-order valence-corrected chi connectivity index (χ3v) is 6.69. The van der Waals surface area contributed by atoms with Crippen LogP contribution >= 0.6 is 0 Å². The molecule has 6 heteroatoms. The molecule has 1 heterocycles. The van der Waals surface area contributed by atoms with Crippen molar-refractivity contribution in [2.45, 2.75) is 65.2 Å². The highest BCUT2D eigenvalue weighted by atomic mass is 32.2. The summed E-state index contributed by atoms with van der Waals surface area (Å²) in [5, 5.41) is 3.17. The summed E-state index contributed by atoms with van der Waals surface area (Å²) in [6.07, 6.45) is 2.03. The molecule has 0 aliphatic carbocycles. The van der Waals surface area contributed by atoms with E-state index in [1.54, 1.807) is 0 Å². The lowest BCUT2D eigenvalue weighted by Crippen LogP contribution is -2.50. The van der Waals surface area contributed by atoms with Gasteiger partial charge in [-0.25, -0.2) is 12.7 Å². The van der Waals surface area contributed by atoms with Gasteiger partial charge in [0.25, 0.3) is 0 Å². The van der Waals surface area contributed by atoms with Gasteiger partial charge >= 0.3 is 0 Å². The molecule has 5 nitrogen and oxygen atoms in total. The molecular weight excluding hydrogens is 360 g/mol. The summed E-state index contributed by atoms with van der Waals surface area (Å²) in [7, 11) is -3.34. The van der Waals surface area contributed by atoms with Crippen LogP contribution in [0.2, 0.25) is 0 Å². The second-order valence-electron chi connectivity index (χ2n) is 9.53. The first-order valence-electron chi connectivity index (χ1n) is 9.72. The van der Waals surface area contributed by atoms with Crippen LogP contribution in [0.5, 0.6) is 0 Å². The van der Waals surface area contributed by atoms with E-state index in [9.17, 15) is 13.2 Å². The Bertz CT molecular complexity index is 728. The molecule has 1 aromatic rings. The minimum atomic E-state index is -3.34. The standard InChI is InChI=1S/C21H34N2O3S/c1-20(2,3)16-21(4,5)22-19(24)18-11-13-23(14-12-18)27(25,26)15-17-9-7-6-8-10-17/h6-10,18H,11-16H2,1-5H3,(H,22,24). The maximum absolute atomic E-state index is 12.7. The third kappa shape index (κ3) is 6.92. The highest BCUT2D eigenvalue weighted by molar-refractivity contribution is 7.88. The van der Waals surface area contributed by atoms with E-state index in [1.807, 2.05) is 30.3 Å². The van der Waals surface area contributed by atoms with Gasteiger partial charge in [-0.3, -0.25) is 4.79 Å². The van der Waals surface area contributed by atoms with Crippen molar-refractivity contribution in [1.82, 2.24) is 9.62 Å². The highest BCUT2D eigenvalue weighted by Crippen LogP contribution is 2.28. The number of carbonyl (C=O) groups excluding carboxylic acids is 1. The number of nitrogens with one attached hydrogen (secondary N) is 1. The van der Waals surface area contributed by atoms with Crippen molar-refractivity contribution in [3.63, 3.8) is 0 Å². The fourth-order valence-electron chi connectivity index (χ4n) is 4.08.